The Balaban J connectivity index is 1.55. The predicted molar refractivity (Wildman–Crippen MR) is 65.6 cm³/mol. The van der Waals surface area contributed by atoms with Gasteiger partial charge in [-0.3, -0.25) is 14.9 Å². The fourth-order valence-corrected chi connectivity index (χ4v) is 2.67. The second-order valence-electron chi connectivity index (χ2n) is 4.49. The number of nitrogens with one attached hydrogen (secondary N) is 3. The van der Waals surface area contributed by atoms with Gasteiger partial charge >= 0.3 is 6.03 Å². The van der Waals surface area contributed by atoms with Gasteiger partial charge in [0.15, 0.2) is 0 Å². The first-order chi connectivity index (χ1) is 9.11. The molecule has 1 saturated heterocycles. The lowest BCUT2D eigenvalue weighted by molar-refractivity contribution is -0.124. The predicted octanol–water partition coefficient (Wildman–Crippen LogP) is -0.0479. The Kier molecular flexibility index (Phi) is 2.90. The van der Waals surface area contributed by atoms with E-state index in [2.05, 4.69) is 26.1 Å². The Morgan fingerprint density at radius 3 is 2.79 bits per heavy atom. The van der Waals surface area contributed by atoms with Gasteiger partial charge in [0.05, 0.1) is 6.42 Å². The molecule has 3 rings (SSSR count). The first kappa shape index (κ1) is 12.0. The molecule has 1 aromatic heterocycles. The van der Waals surface area contributed by atoms with Gasteiger partial charge in [-0.1, -0.05) is 11.3 Å². The molecule has 8 nitrogen and oxygen atoms in total. The first-order valence-corrected chi connectivity index (χ1v) is 6.68. The molecule has 0 spiro atoms. The zero-order valence-corrected chi connectivity index (χ0v) is 10.6. The third-order valence-electron chi connectivity index (χ3n) is 2.86. The van der Waals surface area contributed by atoms with E-state index in [0.29, 0.717) is 11.0 Å². The summed E-state index contributed by atoms with van der Waals surface area (Å²) in [6.07, 6.45) is 2.13. The van der Waals surface area contributed by atoms with Crippen LogP contribution in [0.1, 0.15) is 30.2 Å². The van der Waals surface area contributed by atoms with Crippen LogP contribution in [0.2, 0.25) is 0 Å². The molecule has 0 radical (unpaired) electrons. The lowest BCUT2D eigenvalue weighted by atomic mass is 10.2. The molecule has 3 N–H and O–H groups in total. The van der Waals surface area contributed by atoms with Crippen molar-refractivity contribution in [2.24, 2.45) is 0 Å². The van der Waals surface area contributed by atoms with Gasteiger partial charge in [0.1, 0.15) is 11.0 Å². The van der Waals surface area contributed by atoms with E-state index in [4.69, 9.17) is 0 Å². The molecule has 0 aromatic carbocycles. The van der Waals surface area contributed by atoms with Crippen molar-refractivity contribution >= 4 is 34.3 Å². The fourth-order valence-electron chi connectivity index (χ4n) is 1.74. The van der Waals surface area contributed by atoms with Crippen LogP contribution in [-0.4, -0.2) is 34.1 Å². The maximum Gasteiger partial charge on any atom is 0.322 e. The van der Waals surface area contributed by atoms with Crippen molar-refractivity contribution in [2.75, 3.05) is 5.32 Å². The fraction of sp³-hybridized carbons (Fsp3) is 0.500. The summed E-state index contributed by atoms with van der Waals surface area (Å²) in [5, 5.41) is 16.2. The van der Waals surface area contributed by atoms with Gasteiger partial charge in [-0.25, -0.2) is 4.79 Å². The van der Waals surface area contributed by atoms with Gasteiger partial charge in [-0.05, 0) is 12.8 Å². The monoisotopic (exact) mass is 281 g/mol. The maximum atomic E-state index is 11.7. The average molecular weight is 281 g/mol. The third-order valence-corrected chi connectivity index (χ3v) is 3.86. The van der Waals surface area contributed by atoms with Crippen molar-refractivity contribution in [3.05, 3.63) is 5.01 Å². The molecular formula is C10H11N5O3S. The lowest BCUT2D eigenvalue weighted by Crippen LogP contribution is -2.33. The second-order valence-corrected chi connectivity index (χ2v) is 5.50. The summed E-state index contributed by atoms with van der Waals surface area (Å²) in [5.41, 5.74) is 0. The molecule has 100 valence electrons. The van der Waals surface area contributed by atoms with Gasteiger partial charge in [-0.2, -0.15) is 0 Å². The Labute approximate surface area is 112 Å². The highest BCUT2D eigenvalue weighted by Gasteiger charge is 2.32. The zero-order valence-electron chi connectivity index (χ0n) is 9.80. The number of anilines is 1. The van der Waals surface area contributed by atoms with Crippen molar-refractivity contribution in [1.82, 2.24) is 20.8 Å². The van der Waals surface area contributed by atoms with E-state index in [1.807, 2.05) is 0 Å². The summed E-state index contributed by atoms with van der Waals surface area (Å²) < 4.78 is 0. The van der Waals surface area contributed by atoms with Crippen LogP contribution in [0.5, 0.6) is 0 Å². The summed E-state index contributed by atoms with van der Waals surface area (Å²) in [6.45, 7) is 0. The Hall–Kier alpha value is -2.03. The second kappa shape index (κ2) is 4.57. The minimum absolute atomic E-state index is 0.115. The molecule has 1 atom stereocenters. The molecule has 0 unspecified atom stereocenters. The molecular weight excluding hydrogens is 270 g/mol. The minimum atomic E-state index is -0.816. The van der Waals surface area contributed by atoms with Gasteiger partial charge in [-0.15, -0.1) is 10.2 Å². The number of nitrogens with zero attached hydrogens (tertiary/aromatic N) is 2. The lowest BCUT2D eigenvalue weighted by Gasteiger charge is -2.05. The number of rotatable bonds is 4. The van der Waals surface area contributed by atoms with Crippen molar-refractivity contribution in [3.8, 4) is 0 Å². The van der Waals surface area contributed by atoms with Crippen LogP contribution in [0, 0.1) is 0 Å². The average Bonchev–Trinajstić information content (AvgIpc) is 3.01. The summed E-state index contributed by atoms with van der Waals surface area (Å²) >= 11 is 1.35. The van der Waals surface area contributed by atoms with Crippen LogP contribution in [0.25, 0.3) is 0 Å². The first-order valence-electron chi connectivity index (χ1n) is 5.86. The number of hydrogen-bond donors (Lipinski definition) is 3. The number of amides is 4. The number of carbonyl (C=O) groups excluding carboxylic acids is 3. The highest BCUT2D eigenvalue weighted by Crippen LogP contribution is 2.42. The molecule has 1 aliphatic heterocycles. The van der Waals surface area contributed by atoms with E-state index in [1.54, 1.807) is 0 Å². The molecule has 4 amide bonds. The van der Waals surface area contributed by atoms with E-state index in [1.165, 1.54) is 11.3 Å². The van der Waals surface area contributed by atoms with Crippen LogP contribution in [-0.2, 0) is 9.59 Å². The molecule has 0 bridgehead atoms. The van der Waals surface area contributed by atoms with E-state index < -0.39 is 18.0 Å². The zero-order chi connectivity index (χ0) is 13.4. The van der Waals surface area contributed by atoms with Crippen LogP contribution < -0.4 is 16.0 Å². The number of imide groups is 1. The van der Waals surface area contributed by atoms with Crippen molar-refractivity contribution in [2.45, 2.75) is 31.2 Å². The third kappa shape index (κ3) is 2.70. The van der Waals surface area contributed by atoms with E-state index in [9.17, 15) is 14.4 Å². The quantitative estimate of drug-likeness (QED) is 0.670. The summed E-state index contributed by atoms with van der Waals surface area (Å²) in [6, 6.07) is -1.39. The van der Waals surface area contributed by atoms with Crippen molar-refractivity contribution in [1.29, 1.82) is 0 Å². The largest absolute Gasteiger partial charge is 0.325 e. The topological polar surface area (TPSA) is 113 Å². The molecule has 2 heterocycles. The van der Waals surface area contributed by atoms with Gasteiger partial charge in [0.25, 0.3) is 5.91 Å². The minimum Gasteiger partial charge on any atom is -0.325 e. The molecule has 1 saturated carbocycles. The highest BCUT2D eigenvalue weighted by molar-refractivity contribution is 7.15. The SMILES string of the molecule is O=C(C[C@@H]1NC(=O)NC1=O)Nc1nnc(C2CC2)s1. The van der Waals surface area contributed by atoms with Gasteiger partial charge < -0.3 is 10.6 Å². The highest BCUT2D eigenvalue weighted by atomic mass is 32.1. The smallest absolute Gasteiger partial charge is 0.322 e. The molecule has 9 heteroatoms. The van der Waals surface area contributed by atoms with E-state index in [0.717, 1.165) is 17.8 Å². The van der Waals surface area contributed by atoms with Gasteiger partial charge in [0.2, 0.25) is 11.0 Å². The molecule has 2 aliphatic rings. The Morgan fingerprint density at radius 2 is 2.16 bits per heavy atom. The molecule has 1 aliphatic carbocycles. The van der Waals surface area contributed by atoms with Gasteiger partial charge in [0, 0.05) is 5.92 Å². The number of aromatic nitrogens is 2. The van der Waals surface area contributed by atoms with Crippen LogP contribution in [0.3, 0.4) is 0 Å². The number of urea groups is 1. The van der Waals surface area contributed by atoms with Crippen molar-refractivity contribution < 1.29 is 14.4 Å². The normalized spacial score (nSPS) is 22.0. The number of hydrogen-bond acceptors (Lipinski definition) is 6. The maximum absolute atomic E-state index is 11.7. The van der Waals surface area contributed by atoms with E-state index >= 15 is 0 Å². The van der Waals surface area contributed by atoms with Crippen molar-refractivity contribution in [3.63, 3.8) is 0 Å². The molecule has 1 aromatic rings. The summed E-state index contributed by atoms with van der Waals surface area (Å²) in [5.74, 6) is -0.375. The van der Waals surface area contributed by atoms with Crippen LogP contribution in [0.15, 0.2) is 0 Å². The standard InChI is InChI=1S/C10H11N5O3S/c16-6(3-5-7(17)13-9(18)11-5)12-10-15-14-8(19-10)4-1-2-4/h4-5H,1-3H2,(H,12,15,16)(H2,11,13,17,18)/t5-/m0/s1. The number of carbonyl (C=O) groups is 3. The molecule has 2 fully saturated rings. The summed E-state index contributed by atoms with van der Waals surface area (Å²) in [7, 11) is 0. The van der Waals surface area contributed by atoms with E-state index in [-0.39, 0.29) is 12.3 Å². The summed E-state index contributed by atoms with van der Waals surface area (Å²) in [4.78, 5) is 33.9. The Morgan fingerprint density at radius 1 is 1.37 bits per heavy atom. The van der Waals surface area contributed by atoms with Crippen LogP contribution >= 0.6 is 11.3 Å². The molecule has 19 heavy (non-hydrogen) atoms. The van der Waals surface area contributed by atoms with Crippen LogP contribution in [0.4, 0.5) is 9.93 Å². The Bertz CT molecular complexity index is 553.